The van der Waals surface area contributed by atoms with Gasteiger partial charge in [0.2, 0.25) is 10.0 Å². The molecule has 0 spiro atoms. The van der Waals surface area contributed by atoms with Crippen molar-refractivity contribution in [3.8, 4) is 0 Å². The minimum Gasteiger partial charge on any atom is -0.480 e. The Morgan fingerprint density at radius 2 is 2.00 bits per heavy atom. The summed E-state index contributed by atoms with van der Waals surface area (Å²) in [6, 6.07) is -1.15. The Labute approximate surface area is 107 Å². The van der Waals surface area contributed by atoms with Crippen LogP contribution in [0.2, 0.25) is 0 Å². The van der Waals surface area contributed by atoms with Gasteiger partial charge >= 0.3 is 11.9 Å². The maximum atomic E-state index is 11.5. The van der Waals surface area contributed by atoms with Gasteiger partial charge in [0.1, 0.15) is 6.04 Å². The Kier molecular flexibility index (Phi) is 7.53. The van der Waals surface area contributed by atoms with E-state index in [2.05, 4.69) is 9.46 Å². The SMILES string of the molecule is CCCC[C@H](NS(=O)(=O)CCC(=O)OC)C(=O)O. The second-order valence-corrected chi connectivity index (χ2v) is 5.67. The molecule has 0 fully saturated rings. The number of hydrogen-bond acceptors (Lipinski definition) is 5. The summed E-state index contributed by atoms with van der Waals surface area (Å²) < 4.78 is 29.5. The molecule has 0 aliphatic carbocycles. The Morgan fingerprint density at radius 3 is 2.44 bits per heavy atom. The molecule has 8 heteroatoms. The minimum absolute atomic E-state index is 0.225. The maximum absolute atomic E-state index is 11.5. The van der Waals surface area contributed by atoms with Crippen LogP contribution in [0.4, 0.5) is 0 Å². The van der Waals surface area contributed by atoms with E-state index in [4.69, 9.17) is 5.11 Å². The fourth-order valence-electron chi connectivity index (χ4n) is 1.24. The Morgan fingerprint density at radius 1 is 1.39 bits per heavy atom. The molecule has 0 bridgehead atoms. The van der Waals surface area contributed by atoms with E-state index >= 15 is 0 Å². The highest BCUT2D eigenvalue weighted by molar-refractivity contribution is 7.89. The third-order valence-electron chi connectivity index (χ3n) is 2.27. The molecule has 0 aromatic carbocycles. The molecule has 0 saturated heterocycles. The number of unbranched alkanes of at least 4 members (excludes halogenated alkanes) is 1. The van der Waals surface area contributed by atoms with Gasteiger partial charge in [-0.05, 0) is 6.42 Å². The molecule has 7 nitrogen and oxygen atoms in total. The number of carbonyl (C=O) groups excluding carboxylic acids is 1. The number of carboxylic acid groups (broad SMARTS) is 1. The highest BCUT2D eigenvalue weighted by Crippen LogP contribution is 2.03. The molecule has 1 atom stereocenters. The number of carbonyl (C=O) groups is 2. The molecule has 0 amide bonds. The molecule has 0 aliphatic heterocycles. The smallest absolute Gasteiger partial charge is 0.321 e. The molecule has 0 unspecified atom stereocenters. The van der Waals surface area contributed by atoms with E-state index in [-0.39, 0.29) is 12.8 Å². The third-order valence-corrected chi connectivity index (χ3v) is 3.65. The van der Waals surface area contributed by atoms with E-state index in [1.54, 1.807) is 0 Å². The van der Waals surface area contributed by atoms with Crippen LogP contribution in [-0.4, -0.2) is 44.4 Å². The lowest BCUT2D eigenvalue weighted by Crippen LogP contribution is -2.42. The van der Waals surface area contributed by atoms with Crippen molar-refractivity contribution in [1.29, 1.82) is 0 Å². The molecule has 0 saturated carbocycles. The fourth-order valence-corrected chi connectivity index (χ4v) is 2.44. The first-order valence-electron chi connectivity index (χ1n) is 5.62. The first-order valence-corrected chi connectivity index (χ1v) is 7.27. The predicted molar refractivity (Wildman–Crippen MR) is 64.5 cm³/mol. The number of carboxylic acids is 1. The van der Waals surface area contributed by atoms with Gasteiger partial charge in [-0.15, -0.1) is 0 Å². The maximum Gasteiger partial charge on any atom is 0.321 e. The van der Waals surface area contributed by atoms with Crippen LogP contribution in [0.1, 0.15) is 32.6 Å². The van der Waals surface area contributed by atoms with Crippen molar-refractivity contribution < 1.29 is 27.9 Å². The van der Waals surface area contributed by atoms with Gasteiger partial charge in [-0.25, -0.2) is 13.1 Å². The monoisotopic (exact) mass is 281 g/mol. The zero-order chi connectivity index (χ0) is 14.2. The average molecular weight is 281 g/mol. The Balaban J connectivity index is 4.41. The van der Waals surface area contributed by atoms with Crippen molar-refractivity contribution in [3.05, 3.63) is 0 Å². The number of rotatable bonds is 9. The van der Waals surface area contributed by atoms with E-state index in [1.807, 2.05) is 6.92 Å². The molecule has 0 rings (SSSR count). The van der Waals surface area contributed by atoms with Crippen molar-refractivity contribution >= 4 is 22.0 Å². The summed E-state index contributed by atoms with van der Waals surface area (Å²) in [4.78, 5) is 21.7. The Hall–Kier alpha value is -1.15. The number of methoxy groups -OCH3 is 1. The van der Waals surface area contributed by atoms with Crippen molar-refractivity contribution in [1.82, 2.24) is 4.72 Å². The lowest BCUT2D eigenvalue weighted by Gasteiger charge is -2.13. The molecule has 0 aromatic rings. The average Bonchev–Trinajstić information content (AvgIpc) is 2.31. The zero-order valence-electron chi connectivity index (χ0n) is 10.5. The number of aliphatic carboxylic acids is 1. The van der Waals surface area contributed by atoms with Gasteiger partial charge in [-0.2, -0.15) is 0 Å². The van der Waals surface area contributed by atoms with Crippen LogP contribution in [0.5, 0.6) is 0 Å². The lowest BCUT2D eigenvalue weighted by molar-refractivity contribution is -0.140. The van der Waals surface area contributed by atoms with Gasteiger partial charge in [0.15, 0.2) is 0 Å². The standard InChI is InChI=1S/C10H19NO6S/c1-3-4-5-8(10(13)14)11-18(15,16)7-6-9(12)17-2/h8,11H,3-7H2,1-2H3,(H,13,14)/t8-/m0/s1. The number of nitrogens with one attached hydrogen (secondary N) is 1. The number of hydrogen-bond donors (Lipinski definition) is 2. The summed E-state index contributed by atoms with van der Waals surface area (Å²) >= 11 is 0. The van der Waals surface area contributed by atoms with Crippen molar-refractivity contribution in [2.45, 2.75) is 38.6 Å². The summed E-state index contributed by atoms with van der Waals surface area (Å²) in [6.45, 7) is 1.88. The van der Waals surface area contributed by atoms with Crippen LogP contribution in [0, 0.1) is 0 Å². The largest absolute Gasteiger partial charge is 0.480 e. The van der Waals surface area contributed by atoms with Gasteiger partial charge in [0.05, 0.1) is 19.3 Å². The minimum atomic E-state index is -3.79. The second-order valence-electron chi connectivity index (χ2n) is 3.80. The van der Waals surface area contributed by atoms with E-state index in [0.29, 0.717) is 6.42 Å². The van der Waals surface area contributed by atoms with Crippen LogP contribution in [-0.2, 0) is 24.3 Å². The van der Waals surface area contributed by atoms with E-state index in [1.165, 1.54) is 0 Å². The third kappa shape index (κ3) is 7.23. The van der Waals surface area contributed by atoms with Gasteiger partial charge in [0.25, 0.3) is 0 Å². The molecule has 2 N–H and O–H groups in total. The quantitative estimate of drug-likeness (QED) is 0.581. The molecular formula is C10H19NO6S. The first-order chi connectivity index (χ1) is 8.32. The predicted octanol–water partition coefficient (Wildman–Crippen LogP) is 0.112. The highest BCUT2D eigenvalue weighted by atomic mass is 32.2. The van der Waals surface area contributed by atoms with E-state index in [9.17, 15) is 18.0 Å². The van der Waals surface area contributed by atoms with Crippen LogP contribution in [0.25, 0.3) is 0 Å². The van der Waals surface area contributed by atoms with E-state index < -0.39 is 33.8 Å². The summed E-state index contributed by atoms with van der Waals surface area (Å²) in [5, 5.41) is 8.87. The number of esters is 1. The van der Waals surface area contributed by atoms with Crippen molar-refractivity contribution in [2.24, 2.45) is 0 Å². The van der Waals surface area contributed by atoms with Crippen molar-refractivity contribution in [2.75, 3.05) is 12.9 Å². The van der Waals surface area contributed by atoms with Crippen LogP contribution >= 0.6 is 0 Å². The molecular weight excluding hydrogens is 262 g/mol. The first kappa shape index (κ1) is 16.9. The molecule has 0 aliphatic rings. The normalized spacial score (nSPS) is 13.0. The van der Waals surface area contributed by atoms with Gasteiger partial charge in [-0.1, -0.05) is 19.8 Å². The fraction of sp³-hybridized carbons (Fsp3) is 0.800. The van der Waals surface area contributed by atoms with Crippen molar-refractivity contribution in [3.63, 3.8) is 0 Å². The summed E-state index contributed by atoms with van der Waals surface area (Å²) in [6.07, 6.45) is 1.30. The highest BCUT2D eigenvalue weighted by Gasteiger charge is 2.23. The summed E-state index contributed by atoms with van der Waals surface area (Å²) in [5.74, 6) is -2.35. The molecule has 0 radical (unpaired) electrons. The van der Waals surface area contributed by atoms with Crippen LogP contribution in [0.15, 0.2) is 0 Å². The topological polar surface area (TPSA) is 110 Å². The van der Waals surface area contributed by atoms with Gasteiger partial charge in [0, 0.05) is 0 Å². The molecule has 106 valence electrons. The second kappa shape index (κ2) is 8.04. The summed E-state index contributed by atoms with van der Waals surface area (Å²) in [5.41, 5.74) is 0. The Bertz CT molecular complexity index is 378. The molecule has 0 heterocycles. The van der Waals surface area contributed by atoms with E-state index in [0.717, 1.165) is 13.5 Å². The van der Waals surface area contributed by atoms with Crippen LogP contribution in [0.3, 0.4) is 0 Å². The van der Waals surface area contributed by atoms with Gasteiger partial charge in [-0.3, -0.25) is 9.59 Å². The van der Waals surface area contributed by atoms with Crippen LogP contribution < -0.4 is 4.72 Å². The van der Waals surface area contributed by atoms with Gasteiger partial charge < -0.3 is 9.84 Å². The summed E-state index contributed by atoms with van der Waals surface area (Å²) in [7, 11) is -2.64. The zero-order valence-corrected chi connectivity index (χ0v) is 11.3. The molecule has 0 aromatic heterocycles. The number of ether oxygens (including phenoxy) is 1. The molecule has 18 heavy (non-hydrogen) atoms. The lowest BCUT2D eigenvalue weighted by atomic mass is 10.1. The number of sulfonamides is 1.